The molecule has 2 N–H and O–H groups in total. The summed E-state index contributed by atoms with van der Waals surface area (Å²) >= 11 is 1.56. The van der Waals surface area contributed by atoms with Gasteiger partial charge in [-0.05, 0) is 48.3 Å². The average molecular weight is 522 g/mol. The van der Waals surface area contributed by atoms with E-state index in [2.05, 4.69) is 17.4 Å². The second-order valence-corrected chi connectivity index (χ2v) is 12.2. The highest BCUT2D eigenvalue weighted by Crippen LogP contribution is 2.38. The summed E-state index contributed by atoms with van der Waals surface area (Å²) in [5, 5.41) is 14.0. The number of nitrogens with zero attached hydrogens (tertiary/aromatic N) is 2. The first kappa shape index (κ1) is 27.2. The molecule has 2 atom stereocenters. The van der Waals surface area contributed by atoms with Crippen LogP contribution in [0, 0.1) is 11.3 Å². The van der Waals surface area contributed by atoms with Crippen LogP contribution in [0.2, 0.25) is 0 Å². The fourth-order valence-electron chi connectivity index (χ4n) is 5.56. The molecule has 198 valence electrons. The summed E-state index contributed by atoms with van der Waals surface area (Å²) in [6.45, 7) is 6.42. The molecule has 1 fully saturated rings. The molecule has 0 radical (unpaired) electrons. The number of benzene rings is 2. The third-order valence-corrected chi connectivity index (χ3v) is 8.33. The molecule has 1 aliphatic rings. The normalized spacial score (nSPS) is 16.4. The van der Waals surface area contributed by atoms with Crippen LogP contribution in [0.25, 0.3) is 11.0 Å². The van der Waals surface area contributed by atoms with Gasteiger partial charge in [-0.15, -0.1) is 0 Å². The average Bonchev–Trinajstić information content (AvgIpc) is 3.22. The highest BCUT2D eigenvalue weighted by molar-refractivity contribution is 7.99. The van der Waals surface area contributed by atoms with Gasteiger partial charge in [0.25, 0.3) is 0 Å². The van der Waals surface area contributed by atoms with Crippen LogP contribution < -0.4 is 5.32 Å². The predicted molar refractivity (Wildman–Crippen MR) is 150 cm³/mol. The quantitative estimate of drug-likeness (QED) is 0.230. The maximum absolute atomic E-state index is 13.3. The maximum Gasteiger partial charge on any atom is 0.327 e. The molecule has 0 spiro atoms. The van der Waals surface area contributed by atoms with Gasteiger partial charge in [-0.25, -0.2) is 9.78 Å². The molecule has 0 saturated heterocycles. The fourth-order valence-corrected chi connectivity index (χ4v) is 6.54. The Morgan fingerprint density at radius 1 is 1.05 bits per heavy atom. The lowest BCUT2D eigenvalue weighted by molar-refractivity contribution is -0.144. The summed E-state index contributed by atoms with van der Waals surface area (Å²) < 4.78 is 1.87. The van der Waals surface area contributed by atoms with Gasteiger partial charge in [0, 0.05) is 12.3 Å². The Hall–Kier alpha value is -2.80. The number of para-hydroxylation sites is 2. The number of thioether (sulfide) groups is 1. The molecule has 2 aromatic carbocycles. The van der Waals surface area contributed by atoms with Crippen molar-refractivity contribution in [1.82, 2.24) is 14.9 Å². The Morgan fingerprint density at radius 2 is 1.73 bits per heavy atom. The van der Waals surface area contributed by atoms with E-state index < -0.39 is 17.4 Å². The Kier molecular flexibility index (Phi) is 8.95. The molecule has 1 aliphatic carbocycles. The number of fused-ring (bicyclic) bond motifs is 1. The number of carbonyl (C=O) groups excluding carboxylic acids is 1. The largest absolute Gasteiger partial charge is 0.480 e. The number of hydrogen-bond donors (Lipinski definition) is 2. The van der Waals surface area contributed by atoms with Gasteiger partial charge in [0.05, 0.1) is 17.0 Å². The van der Waals surface area contributed by atoms with Crippen molar-refractivity contribution in [2.75, 3.05) is 12.3 Å². The maximum atomic E-state index is 13.3. The van der Waals surface area contributed by atoms with Crippen LogP contribution in [0.15, 0.2) is 59.8 Å². The second-order valence-electron chi connectivity index (χ2n) is 11.1. The van der Waals surface area contributed by atoms with E-state index >= 15 is 0 Å². The number of rotatable bonds is 10. The lowest BCUT2D eigenvalue weighted by Crippen LogP contribution is -2.35. The van der Waals surface area contributed by atoms with Gasteiger partial charge in [0.2, 0.25) is 5.91 Å². The Labute approximate surface area is 224 Å². The molecule has 2 unspecified atom stereocenters. The number of aliphatic carboxylic acids is 1. The molecule has 0 aliphatic heterocycles. The first-order chi connectivity index (χ1) is 17.8. The van der Waals surface area contributed by atoms with Crippen LogP contribution in [0.4, 0.5) is 0 Å². The van der Waals surface area contributed by atoms with Crippen LogP contribution in [0.3, 0.4) is 0 Å². The van der Waals surface area contributed by atoms with Crippen molar-refractivity contribution in [3.05, 3.63) is 60.2 Å². The SMILES string of the molecule is CC(C)(C)C(C(=O)O)n1c(SCCCNC(=O)C(c2ccccc2)C2CCCCC2)nc2ccccc21. The summed E-state index contributed by atoms with van der Waals surface area (Å²) in [6, 6.07) is 17.2. The number of carbonyl (C=O) groups is 2. The number of hydrogen-bond acceptors (Lipinski definition) is 4. The highest BCUT2D eigenvalue weighted by Gasteiger charge is 2.36. The summed E-state index contributed by atoms with van der Waals surface area (Å²) in [7, 11) is 0. The molecule has 7 heteroatoms. The number of carboxylic acids is 1. The fraction of sp³-hybridized carbons (Fsp3) is 0.500. The molecule has 0 bridgehead atoms. The van der Waals surface area contributed by atoms with Crippen molar-refractivity contribution in [3.63, 3.8) is 0 Å². The Morgan fingerprint density at radius 3 is 2.41 bits per heavy atom. The molecule has 4 rings (SSSR count). The smallest absolute Gasteiger partial charge is 0.327 e. The summed E-state index contributed by atoms with van der Waals surface area (Å²) in [4.78, 5) is 30.4. The standard InChI is InChI=1S/C30H39N3O3S/c1-30(2,3)26(28(35)36)33-24-18-11-10-17-23(24)32-29(33)37-20-12-19-31-27(34)25(21-13-6-4-7-14-21)22-15-8-5-9-16-22/h4,6-7,10-11,13-14,17-18,22,25-26H,5,8-9,12,15-16,19-20H2,1-3H3,(H,31,34)(H,35,36). The van der Waals surface area contributed by atoms with E-state index in [-0.39, 0.29) is 11.8 Å². The van der Waals surface area contributed by atoms with Crippen LogP contribution in [0.1, 0.15) is 76.8 Å². The van der Waals surface area contributed by atoms with E-state index in [1.165, 1.54) is 19.3 Å². The van der Waals surface area contributed by atoms with Crippen molar-refractivity contribution in [2.24, 2.45) is 11.3 Å². The molecule has 1 saturated carbocycles. The highest BCUT2D eigenvalue weighted by atomic mass is 32.2. The Bertz CT molecular complexity index is 1200. The van der Waals surface area contributed by atoms with Gasteiger partial charge in [-0.3, -0.25) is 4.79 Å². The lowest BCUT2D eigenvalue weighted by atomic mass is 9.76. The molecule has 37 heavy (non-hydrogen) atoms. The monoisotopic (exact) mass is 521 g/mol. The summed E-state index contributed by atoms with van der Waals surface area (Å²) in [5.41, 5.74) is 2.26. The van der Waals surface area contributed by atoms with Crippen molar-refractivity contribution in [2.45, 2.75) is 76.4 Å². The third-order valence-electron chi connectivity index (χ3n) is 7.29. The molecule has 6 nitrogen and oxygen atoms in total. The van der Waals surface area contributed by atoms with Crippen LogP contribution >= 0.6 is 11.8 Å². The number of aromatic nitrogens is 2. The van der Waals surface area contributed by atoms with Gasteiger partial charge in [-0.2, -0.15) is 0 Å². The van der Waals surface area contributed by atoms with Crippen molar-refractivity contribution < 1.29 is 14.7 Å². The first-order valence-electron chi connectivity index (χ1n) is 13.4. The van der Waals surface area contributed by atoms with Crippen LogP contribution in [-0.4, -0.2) is 38.8 Å². The topological polar surface area (TPSA) is 84.2 Å². The minimum absolute atomic E-state index is 0.0959. The molecule has 3 aromatic rings. The predicted octanol–water partition coefficient (Wildman–Crippen LogP) is 6.67. The number of nitrogens with one attached hydrogen (secondary N) is 1. The molecular formula is C30H39N3O3S. The lowest BCUT2D eigenvalue weighted by Gasteiger charge is -2.30. The van der Waals surface area contributed by atoms with Crippen molar-refractivity contribution >= 4 is 34.7 Å². The minimum Gasteiger partial charge on any atom is -0.480 e. The molecular weight excluding hydrogens is 482 g/mol. The second kappa shape index (κ2) is 12.2. The summed E-state index contributed by atoms with van der Waals surface area (Å²) in [5.74, 6) is 0.296. The van der Waals surface area contributed by atoms with Gasteiger partial charge < -0.3 is 15.0 Å². The number of imidazole rings is 1. The summed E-state index contributed by atoms with van der Waals surface area (Å²) in [6.07, 6.45) is 6.66. The zero-order valence-corrected chi connectivity index (χ0v) is 23.0. The van der Waals surface area contributed by atoms with Gasteiger partial charge in [0.15, 0.2) is 5.16 Å². The van der Waals surface area contributed by atoms with Crippen LogP contribution in [0.5, 0.6) is 0 Å². The third kappa shape index (κ3) is 6.56. The van der Waals surface area contributed by atoms with E-state index in [0.29, 0.717) is 17.6 Å². The van der Waals surface area contributed by atoms with Crippen molar-refractivity contribution in [1.29, 1.82) is 0 Å². The minimum atomic E-state index is -0.862. The van der Waals surface area contributed by atoms with E-state index in [1.807, 2.05) is 67.8 Å². The van der Waals surface area contributed by atoms with Gasteiger partial charge >= 0.3 is 5.97 Å². The van der Waals surface area contributed by atoms with Crippen LogP contribution in [-0.2, 0) is 9.59 Å². The Balaban J connectivity index is 1.41. The van der Waals surface area contributed by atoms with Gasteiger partial charge in [0.1, 0.15) is 6.04 Å². The zero-order chi connectivity index (χ0) is 26.4. The van der Waals surface area contributed by atoms with E-state index in [4.69, 9.17) is 4.98 Å². The van der Waals surface area contributed by atoms with E-state index in [0.717, 1.165) is 41.6 Å². The van der Waals surface area contributed by atoms with Crippen molar-refractivity contribution in [3.8, 4) is 0 Å². The molecule has 1 heterocycles. The number of carboxylic acid groups (broad SMARTS) is 1. The molecule has 1 amide bonds. The first-order valence-corrected chi connectivity index (χ1v) is 14.4. The van der Waals surface area contributed by atoms with E-state index in [9.17, 15) is 14.7 Å². The molecule has 1 aromatic heterocycles. The zero-order valence-electron chi connectivity index (χ0n) is 22.2. The van der Waals surface area contributed by atoms with Gasteiger partial charge in [-0.1, -0.05) is 94.3 Å². The number of amides is 1. The van der Waals surface area contributed by atoms with E-state index in [1.54, 1.807) is 11.8 Å².